The molecule has 2 aromatic heterocycles. The number of hydrogen-bond donors (Lipinski definition) is 0. The number of aromatic nitrogens is 1. The van der Waals surface area contributed by atoms with Gasteiger partial charge in [-0.25, -0.2) is 4.39 Å². The van der Waals surface area contributed by atoms with Gasteiger partial charge in [0.25, 0.3) is 5.91 Å². The number of nitrogens with zero attached hydrogens (tertiary/aromatic N) is 2. The van der Waals surface area contributed by atoms with Crippen LogP contribution in [0, 0.1) is 12.7 Å². The third-order valence-corrected chi connectivity index (χ3v) is 5.05. The number of thiophene rings is 1. The van der Waals surface area contributed by atoms with Crippen LogP contribution in [0.3, 0.4) is 0 Å². The third kappa shape index (κ3) is 4.92. The normalized spacial score (nSPS) is 10.6. The van der Waals surface area contributed by atoms with Gasteiger partial charge in [-0.05, 0) is 61.2 Å². The molecule has 3 rings (SSSR count). The van der Waals surface area contributed by atoms with Crippen LogP contribution in [0.5, 0.6) is 5.75 Å². The van der Waals surface area contributed by atoms with E-state index in [4.69, 9.17) is 4.74 Å². The lowest BCUT2D eigenvalue weighted by Crippen LogP contribution is -2.29. The van der Waals surface area contributed by atoms with Crippen molar-refractivity contribution in [3.8, 4) is 16.3 Å². The molecule has 1 amide bonds. The van der Waals surface area contributed by atoms with E-state index in [0.717, 1.165) is 16.3 Å². The average molecular weight is 384 g/mol. The SMILES string of the molecule is Cc1nc(-c2cccs2)ccc1C(=O)N(C)CCCOc1ccc(F)cc1. The zero-order chi connectivity index (χ0) is 19.2. The van der Waals surface area contributed by atoms with Crippen LogP contribution in [0.4, 0.5) is 4.39 Å². The number of benzene rings is 1. The van der Waals surface area contributed by atoms with Crippen molar-refractivity contribution in [2.24, 2.45) is 0 Å². The number of pyridine rings is 1. The first-order valence-electron chi connectivity index (χ1n) is 8.70. The van der Waals surface area contributed by atoms with Crippen LogP contribution in [0.25, 0.3) is 10.6 Å². The third-order valence-electron chi connectivity index (χ3n) is 4.16. The highest BCUT2D eigenvalue weighted by molar-refractivity contribution is 7.13. The molecule has 0 saturated carbocycles. The number of amides is 1. The van der Waals surface area contributed by atoms with Gasteiger partial charge in [0.2, 0.25) is 0 Å². The highest BCUT2D eigenvalue weighted by Crippen LogP contribution is 2.24. The standard InChI is InChI=1S/C21H21FN2O2S/c1-15-18(10-11-19(23-15)20-5-3-14-27-20)21(25)24(2)12-4-13-26-17-8-6-16(22)7-9-17/h3,5-11,14H,4,12-13H2,1-2H3. The molecule has 0 unspecified atom stereocenters. The van der Waals surface area contributed by atoms with E-state index in [0.29, 0.717) is 30.9 Å². The van der Waals surface area contributed by atoms with E-state index in [1.54, 1.807) is 35.4 Å². The van der Waals surface area contributed by atoms with Crippen molar-refractivity contribution in [3.63, 3.8) is 0 Å². The van der Waals surface area contributed by atoms with E-state index < -0.39 is 0 Å². The summed E-state index contributed by atoms with van der Waals surface area (Å²) in [6.45, 7) is 2.87. The summed E-state index contributed by atoms with van der Waals surface area (Å²) in [6, 6.07) is 13.6. The molecular formula is C21H21FN2O2S. The minimum atomic E-state index is -0.290. The van der Waals surface area contributed by atoms with Crippen molar-refractivity contribution < 1.29 is 13.9 Å². The zero-order valence-electron chi connectivity index (χ0n) is 15.3. The Morgan fingerprint density at radius 3 is 2.63 bits per heavy atom. The second-order valence-electron chi connectivity index (χ2n) is 6.19. The number of hydrogen-bond acceptors (Lipinski definition) is 4. The molecule has 6 heteroatoms. The zero-order valence-corrected chi connectivity index (χ0v) is 16.1. The van der Waals surface area contributed by atoms with Crippen molar-refractivity contribution >= 4 is 17.2 Å². The fraction of sp³-hybridized carbons (Fsp3) is 0.238. The Morgan fingerprint density at radius 1 is 1.19 bits per heavy atom. The number of aryl methyl sites for hydroxylation is 1. The molecule has 1 aromatic carbocycles. The summed E-state index contributed by atoms with van der Waals surface area (Å²) in [4.78, 5) is 20.0. The second-order valence-corrected chi connectivity index (χ2v) is 7.14. The molecule has 140 valence electrons. The Labute approximate surface area is 162 Å². The van der Waals surface area contributed by atoms with Gasteiger partial charge in [-0.2, -0.15) is 0 Å². The molecule has 0 N–H and O–H groups in total. The molecule has 0 radical (unpaired) electrons. The van der Waals surface area contributed by atoms with Crippen molar-refractivity contribution in [3.05, 3.63) is 71.0 Å². The maximum absolute atomic E-state index is 12.9. The Morgan fingerprint density at radius 2 is 1.96 bits per heavy atom. The van der Waals surface area contributed by atoms with Crippen LogP contribution < -0.4 is 4.74 Å². The molecular weight excluding hydrogens is 363 g/mol. The molecule has 27 heavy (non-hydrogen) atoms. The van der Waals surface area contributed by atoms with E-state index in [2.05, 4.69) is 4.98 Å². The van der Waals surface area contributed by atoms with Crippen molar-refractivity contribution in [1.29, 1.82) is 0 Å². The smallest absolute Gasteiger partial charge is 0.255 e. The van der Waals surface area contributed by atoms with Crippen molar-refractivity contribution in [1.82, 2.24) is 9.88 Å². The molecule has 0 aliphatic rings. The van der Waals surface area contributed by atoms with Crippen LogP contribution in [0.1, 0.15) is 22.5 Å². The van der Waals surface area contributed by atoms with Crippen LogP contribution >= 0.6 is 11.3 Å². The summed E-state index contributed by atoms with van der Waals surface area (Å²) in [5.74, 6) is 0.274. The summed E-state index contributed by atoms with van der Waals surface area (Å²) in [5.41, 5.74) is 2.21. The highest BCUT2D eigenvalue weighted by atomic mass is 32.1. The van der Waals surface area contributed by atoms with E-state index in [1.807, 2.05) is 36.6 Å². The molecule has 3 aromatic rings. The highest BCUT2D eigenvalue weighted by Gasteiger charge is 2.15. The maximum Gasteiger partial charge on any atom is 0.255 e. The van der Waals surface area contributed by atoms with Gasteiger partial charge in [0.05, 0.1) is 28.4 Å². The molecule has 0 saturated heterocycles. The van der Waals surface area contributed by atoms with Crippen LogP contribution in [-0.4, -0.2) is 36.0 Å². The number of rotatable bonds is 7. The second kappa shape index (κ2) is 8.77. The van der Waals surface area contributed by atoms with Crippen LogP contribution in [-0.2, 0) is 0 Å². The van der Waals surface area contributed by atoms with Gasteiger partial charge >= 0.3 is 0 Å². The number of halogens is 1. The first-order valence-corrected chi connectivity index (χ1v) is 9.58. The lowest BCUT2D eigenvalue weighted by molar-refractivity contribution is 0.0786. The largest absolute Gasteiger partial charge is 0.494 e. The lowest BCUT2D eigenvalue weighted by atomic mass is 10.1. The van der Waals surface area contributed by atoms with Crippen molar-refractivity contribution in [2.45, 2.75) is 13.3 Å². The Hall–Kier alpha value is -2.73. The molecule has 2 heterocycles. The molecule has 4 nitrogen and oxygen atoms in total. The van der Waals surface area contributed by atoms with E-state index in [9.17, 15) is 9.18 Å². The first-order chi connectivity index (χ1) is 13.0. The van der Waals surface area contributed by atoms with Gasteiger partial charge < -0.3 is 9.64 Å². The summed E-state index contributed by atoms with van der Waals surface area (Å²) >= 11 is 1.63. The van der Waals surface area contributed by atoms with Gasteiger partial charge in [0.1, 0.15) is 11.6 Å². The molecule has 0 aliphatic carbocycles. The first kappa shape index (κ1) is 19.0. The molecule has 0 aliphatic heterocycles. The summed E-state index contributed by atoms with van der Waals surface area (Å²) in [5, 5.41) is 2.01. The Balaban J connectivity index is 1.53. The Bertz CT molecular complexity index is 895. The number of carbonyl (C=O) groups is 1. The van der Waals surface area contributed by atoms with Crippen LogP contribution in [0.15, 0.2) is 53.9 Å². The predicted octanol–water partition coefficient (Wildman–Crippen LogP) is 4.80. The molecule has 0 bridgehead atoms. The Kier molecular flexibility index (Phi) is 6.19. The summed E-state index contributed by atoms with van der Waals surface area (Å²) < 4.78 is 18.4. The number of ether oxygens (including phenoxy) is 1. The van der Waals surface area contributed by atoms with Crippen molar-refractivity contribution in [2.75, 3.05) is 20.2 Å². The summed E-state index contributed by atoms with van der Waals surface area (Å²) in [7, 11) is 1.77. The van der Waals surface area contributed by atoms with E-state index >= 15 is 0 Å². The van der Waals surface area contributed by atoms with E-state index in [-0.39, 0.29) is 11.7 Å². The van der Waals surface area contributed by atoms with Gasteiger partial charge in [-0.3, -0.25) is 9.78 Å². The topological polar surface area (TPSA) is 42.4 Å². The van der Waals surface area contributed by atoms with Gasteiger partial charge in [0, 0.05) is 13.6 Å². The predicted molar refractivity (Wildman–Crippen MR) is 106 cm³/mol. The summed E-state index contributed by atoms with van der Waals surface area (Å²) in [6.07, 6.45) is 0.680. The fourth-order valence-electron chi connectivity index (χ4n) is 2.68. The molecule has 0 fully saturated rings. The quantitative estimate of drug-likeness (QED) is 0.550. The lowest BCUT2D eigenvalue weighted by Gasteiger charge is -2.18. The maximum atomic E-state index is 12.9. The minimum absolute atomic E-state index is 0.0560. The molecule has 0 atom stereocenters. The number of carbonyl (C=O) groups excluding carboxylic acids is 1. The van der Waals surface area contributed by atoms with Gasteiger partial charge in [-0.15, -0.1) is 11.3 Å². The van der Waals surface area contributed by atoms with Gasteiger partial charge in [-0.1, -0.05) is 6.07 Å². The van der Waals surface area contributed by atoms with E-state index in [1.165, 1.54) is 12.1 Å². The average Bonchev–Trinajstić information content (AvgIpc) is 3.20. The van der Waals surface area contributed by atoms with Gasteiger partial charge in [0.15, 0.2) is 0 Å². The fourth-order valence-corrected chi connectivity index (χ4v) is 3.37. The monoisotopic (exact) mass is 384 g/mol. The molecule has 0 spiro atoms. The van der Waals surface area contributed by atoms with Crippen LogP contribution in [0.2, 0.25) is 0 Å². The minimum Gasteiger partial charge on any atom is -0.494 e.